The van der Waals surface area contributed by atoms with Gasteiger partial charge >= 0.3 is 0 Å². The van der Waals surface area contributed by atoms with Crippen LogP contribution in [0.15, 0.2) is 10.4 Å². The molecule has 1 fully saturated rings. The highest BCUT2D eigenvalue weighted by Crippen LogP contribution is 2.12. The summed E-state index contributed by atoms with van der Waals surface area (Å²) >= 11 is 1.72. The average Bonchev–Trinajstić information content (AvgIpc) is 3.10. The van der Waals surface area contributed by atoms with E-state index in [1.165, 1.54) is 5.01 Å². The number of aromatic nitrogens is 1. The molecule has 7 heteroatoms. The molecule has 1 aliphatic rings. The Morgan fingerprint density at radius 2 is 2.20 bits per heavy atom. The Kier molecular flexibility index (Phi) is 9.21. The van der Waals surface area contributed by atoms with Gasteiger partial charge < -0.3 is 20.3 Å². The second-order valence-electron chi connectivity index (χ2n) is 6.39. The first-order valence-corrected chi connectivity index (χ1v) is 10.3. The van der Waals surface area contributed by atoms with Gasteiger partial charge in [-0.2, -0.15) is 0 Å². The van der Waals surface area contributed by atoms with Gasteiger partial charge in [0.15, 0.2) is 5.96 Å². The molecule has 0 amide bonds. The molecular formula is C18H33N5OS. The quantitative estimate of drug-likeness (QED) is 0.398. The van der Waals surface area contributed by atoms with E-state index in [0.29, 0.717) is 12.6 Å². The van der Waals surface area contributed by atoms with Crippen molar-refractivity contribution in [2.75, 3.05) is 39.9 Å². The number of likely N-dealkylation sites (tertiary alicyclic amines) is 1. The van der Waals surface area contributed by atoms with E-state index in [4.69, 9.17) is 9.73 Å². The molecule has 1 aromatic rings. The molecular weight excluding hydrogens is 334 g/mol. The van der Waals surface area contributed by atoms with Gasteiger partial charge in [0.25, 0.3) is 0 Å². The summed E-state index contributed by atoms with van der Waals surface area (Å²) in [5, 5.41) is 10.3. The van der Waals surface area contributed by atoms with Gasteiger partial charge in [-0.15, -0.1) is 11.3 Å². The summed E-state index contributed by atoms with van der Waals surface area (Å²) in [6.07, 6.45) is 4.43. The average molecular weight is 368 g/mol. The lowest BCUT2D eigenvalue weighted by atomic mass is 10.1. The predicted molar refractivity (Wildman–Crippen MR) is 105 cm³/mol. The third-order valence-corrected chi connectivity index (χ3v) is 5.44. The Morgan fingerprint density at radius 1 is 1.40 bits per heavy atom. The molecule has 142 valence electrons. The van der Waals surface area contributed by atoms with Crippen LogP contribution in [0.1, 0.15) is 43.8 Å². The highest BCUT2D eigenvalue weighted by Gasteiger charge is 2.19. The summed E-state index contributed by atoms with van der Waals surface area (Å²) in [5.41, 5.74) is 1.06. The van der Waals surface area contributed by atoms with Crippen molar-refractivity contribution in [1.29, 1.82) is 0 Å². The van der Waals surface area contributed by atoms with Gasteiger partial charge in [-0.05, 0) is 32.6 Å². The lowest BCUT2D eigenvalue weighted by molar-refractivity contribution is 0.155. The van der Waals surface area contributed by atoms with Crippen molar-refractivity contribution in [2.24, 2.45) is 4.99 Å². The molecule has 25 heavy (non-hydrogen) atoms. The van der Waals surface area contributed by atoms with Crippen LogP contribution in [0.5, 0.6) is 0 Å². The van der Waals surface area contributed by atoms with Crippen molar-refractivity contribution in [1.82, 2.24) is 20.5 Å². The zero-order chi connectivity index (χ0) is 17.9. The number of thiazole rings is 1. The van der Waals surface area contributed by atoms with Gasteiger partial charge in [-0.3, -0.25) is 0 Å². The Bertz CT molecular complexity index is 511. The maximum Gasteiger partial charge on any atom is 0.191 e. The van der Waals surface area contributed by atoms with Gasteiger partial charge in [-0.1, -0.05) is 6.92 Å². The van der Waals surface area contributed by atoms with Crippen LogP contribution in [0.3, 0.4) is 0 Å². The van der Waals surface area contributed by atoms with E-state index in [9.17, 15) is 0 Å². The van der Waals surface area contributed by atoms with E-state index >= 15 is 0 Å². The first kappa shape index (κ1) is 20.1. The predicted octanol–water partition coefficient (Wildman–Crippen LogP) is 2.26. The van der Waals surface area contributed by atoms with Crippen LogP contribution in [-0.4, -0.2) is 61.8 Å². The number of methoxy groups -OCH3 is 1. The Balaban J connectivity index is 1.78. The number of hydrogen-bond donors (Lipinski definition) is 2. The van der Waals surface area contributed by atoms with Crippen molar-refractivity contribution in [3.05, 3.63) is 16.1 Å². The van der Waals surface area contributed by atoms with E-state index in [2.05, 4.69) is 39.7 Å². The van der Waals surface area contributed by atoms with E-state index in [0.717, 1.165) is 70.1 Å². The maximum atomic E-state index is 5.14. The smallest absolute Gasteiger partial charge is 0.191 e. The van der Waals surface area contributed by atoms with Crippen molar-refractivity contribution in [3.8, 4) is 0 Å². The lowest BCUT2D eigenvalue weighted by Crippen LogP contribution is -2.48. The molecule has 6 nitrogen and oxygen atoms in total. The van der Waals surface area contributed by atoms with Crippen LogP contribution in [0.4, 0.5) is 0 Å². The number of nitrogens with one attached hydrogen (secondary N) is 2. The van der Waals surface area contributed by atoms with Gasteiger partial charge in [-0.25, -0.2) is 9.98 Å². The number of aryl methyl sites for hydroxylation is 1. The van der Waals surface area contributed by atoms with Crippen LogP contribution >= 0.6 is 11.3 Å². The SMILES string of the molecule is CCNC(=NCc1csc(CC)n1)NC1CCN(CCCOC)CC1. The molecule has 1 aromatic heterocycles. The highest BCUT2D eigenvalue weighted by atomic mass is 32.1. The van der Waals surface area contributed by atoms with Crippen molar-refractivity contribution in [2.45, 2.75) is 52.1 Å². The molecule has 0 aliphatic carbocycles. The van der Waals surface area contributed by atoms with Crippen molar-refractivity contribution >= 4 is 17.3 Å². The molecule has 2 N–H and O–H groups in total. The first-order valence-electron chi connectivity index (χ1n) is 9.44. The van der Waals surface area contributed by atoms with Crippen LogP contribution < -0.4 is 10.6 Å². The molecule has 1 aliphatic heterocycles. The fraction of sp³-hybridized carbons (Fsp3) is 0.778. The number of nitrogens with zero attached hydrogens (tertiary/aromatic N) is 3. The zero-order valence-corrected chi connectivity index (χ0v) is 16.7. The van der Waals surface area contributed by atoms with Crippen LogP contribution in [-0.2, 0) is 17.7 Å². The summed E-state index contributed by atoms with van der Waals surface area (Å²) < 4.78 is 5.14. The largest absolute Gasteiger partial charge is 0.385 e. The second kappa shape index (κ2) is 11.4. The number of hydrogen-bond acceptors (Lipinski definition) is 5. The Labute approximate surface area is 156 Å². The molecule has 0 bridgehead atoms. The van der Waals surface area contributed by atoms with Gasteiger partial charge in [0.1, 0.15) is 0 Å². The van der Waals surface area contributed by atoms with E-state index in [1.54, 1.807) is 18.4 Å². The Hall–Kier alpha value is -1.18. The first-order chi connectivity index (χ1) is 12.2. The van der Waals surface area contributed by atoms with Crippen LogP contribution in [0.25, 0.3) is 0 Å². The van der Waals surface area contributed by atoms with E-state index in [-0.39, 0.29) is 0 Å². The number of ether oxygens (including phenoxy) is 1. The fourth-order valence-corrected chi connectivity index (χ4v) is 3.73. The molecule has 0 spiro atoms. The van der Waals surface area contributed by atoms with E-state index in [1.807, 2.05) is 0 Å². The number of guanidine groups is 1. The monoisotopic (exact) mass is 367 g/mol. The summed E-state index contributed by atoms with van der Waals surface area (Å²) in [7, 11) is 1.77. The van der Waals surface area contributed by atoms with Crippen molar-refractivity contribution in [3.63, 3.8) is 0 Å². The summed E-state index contributed by atoms with van der Waals surface area (Å²) in [6, 6.07) is 0.498. The third kappa shape index (κ3) is 7.30. The third-order valence-electron chi connectivity index (χ3n) is 4.40. The normalized spacial score (nSPS) is 17.0. The van der Waals surface area contributed by atoms with E-state index < -0.39 is 0 Å². The molecule has 0 atom stereocenters. The summed E-state index contributed by atoms with van der Waals surface area (Å²) in [5.74, 6) is 0.909. The van der Waals surface area contributed by atoms with Crippen LogP contribution in [0, 0.1) is 0 Å². The minimum atomic E-state index is 0.498. The fourth-order valence-electron chi connectivity index (χ4n) is 2.99. The maximum absolute atomic E-state index is 5.14. The molecule has 0 radical (unpaired) electrons. The molecule has 2 heterocycles. The minimum Gasteiger partial charge on any atom is -0.385 e. The molecule has 0 aromatic carbocycles. The topological polar surface area (TPSA) is 61.8 Å². The highest BCUT2D eigenvalue weighted by molar-refractivity contribution is 7.09. The van der Waals surface area contributed by atoms with Crippen molar-refractivity contribution < 1.29 is 4.74 Å². The standard InChI is InChI=1S/C18H33N5OS/c1-4-17-21-16(14-25-17)13-20-18(19-5-2)22-15-7-10-23(11-8-15)9-6-12-24-3/h14-15H,4-13H2,1-3H3,(H2,19,20,22). The molecule has 1 saturated heterocycles. The van der Waals surface area contributed by atoms with Gasteiger partial charge in [0.2, 0.25) is 0 Å². The molecule has 2 rings (SSSR count). The number of piperidine rings is 1. The number of aliphatic imine (C=N–C) groups is 1. The summed E-state index contributed by atoms with van der Waals surface area (Å²) in [4.78, 5) is 11.8. The Morgan fingerprint density at radius 3 is 2.84 bits per heavy atom. The summed E-state index contributed by atoms with van der Waals surface area (Å²) in [6.45, 7) is 10.0. The molecule has 0 unspecified atom stereocenters. The number of rotatable bonds is 9. The van der Waals surface area contributed by atoms with Crippen LogP contribution in [0.2, 0.25) is 0 Å². The van der Waals surface area contributed by atoms with Gasteiger partial charge in [0, 0.05) is 51.3 Å². The zero-order valence-electron chi connectivity index (χ0n) is 15.9. The minimum absolute atomic E-state index is 0.498. The second-order valence-corrected chi connectivity index (χ2v) is 7.33. The molecule has 0 saturated carbocycles. The van der Waals surface area contributed by atoms with Gasteiger partial charge in [0.05, 0.1) is 17.2 Å². The lowest BCUT2D eigenvalue weighted by Gasteiger charge is -2.33.